The Labute approximate surface area is 138 Å². The second-order valence-electron chi connectivity index (χ2n) is 7.33. The number of carbonyl (C=O) groups excluding carboxylic acids is 2. The Morgan fingerprint density at radius 3 is 2.43 bits per heavy atom. The third-order valence-corrected chi connectivity index (χ3v) is 5.31. The standard InChI is InChI=1S/C19H26N2O2/c1-13-6-10-21(11-7-13)18(23)19(8-9-19)17(22)20-16-12-14(2)4-5-15(16)3/h4-5,12-13H,6-11H2,1-3H3,(H,20,22). The van der Waals surface area contributed by atoms with E-state index >= 15 is 0 Å². The minimum absolute atomic E-state index is 0.0345. The first-order chi connectivity index (χ1) is 10.9. The van der Waals surface area contributed by atoms with E-state index in [9.17, 15) is 9.59 Å². The summed E-state index contributed by atoms with van der Waals surface area (Å²) >= 11 is 0. The summed E-state index contributed by atoms with van der Waals surface area (Å²) in [5.41, 5.74) is 2.14. The molecule has 1 aromatic rings. The van der Waals surface area contributed by atoms with Gasteiger partial charge in [0.15, 0.2) is 0 Å². The Morgan fingerprint density at radius 1 is 1.17 bits per heavy atom. The molecule has 1 saturated heterocycles. The Hall–Kier alpha value is -1.84. The van der Waals surface area contributed by atoms with Gasteiger partial charge in [0.2, 0.25) is 11.8 Å². The number of hydrogen-bond acceptors (Lipinski definition) is 2. The topological polar surface area (TPSA) is 49.4 Å². The molecule has 2 amide bonds. The first-order valence-corrected chi connectivity index (χ1v) is 8.60. The molecule has 2 aliphatic rings. The van der Waals surface area contributed by atoms with Crippen molar-refractivity contribution >= 4 is 17.5 Å². The van der Waals surface area contributed by atoms with Crippen LogP contribution in [0.15, 0.2) is 18.2 Å². The van der Waals surface area contributed by atoms with Crippen molar-refractivity contribution in [3.8, 4) is 0 Å². The summed E-state index contributed by atoms with van der Waals surface area (Å²) in [6, 6.07) is 5.99. The number of hydrogen-bond donors (Lipinski definition) is 1. The summed E-state index contributed by atoms with van der Waals surface area (Å²) in [7, 11) is 0. The molecule has 1 aromatic carbocycles. The smallest absolute Gasteiger partial charge is 0.240 e. The Bertz CT molecular complexity index is 626. The fraction of sp³-hybridized carbons (Fsp3) is 0.579. The van der Waals surface area contributed by atoms with Crippen LogP contribution in [0, 0.1) is 25.2 Å². The molecule has 1 saturated carbocycles. The first-order valence-electron chi connectivity index (χ1n) is 8.60. The number of nitrogens with zero attached hydrogens (tertiary/aromatic N) is 1. The normalized spacial score (nSPS) is 20.2. The number of aryl methyl sites for hydroxylation is 2. The van der Waals surface area contributed by atoms with Gasteiger partial charge >= 0.3 is 0 Å². The van der Waals surface area contributed by atoms with E-state index in [1.54, 1.807) is 0 Å². The molecule has 0 bridgehead atoms. The number of anilines is 1. The fourth-order valence-electron chi connectivity index (χ4n) is 3.29. The van der Waals surface area contributed by atoms with Crippen molar-refractivity contribution in [2.45, 2.75) is 46.5 Å². The molecule has 1 aliphatic carbocycles. The lowest BCUT2D eigenvalue weighted by Gasteiger charge is -2.32. The second kappa shape index (κ2) is 5.99. The lowest BCUT2D eigenvalue weighted by atomic mass is 9.96. The van der Waals surface area contributed by atoms with Crippen LogP contribution in [0.2, 0.25) is 0 Å². The Morgan fingerprint density at radius 2 is 1.83 bits per heavy atom. The van der Waals surface area contributed by atoms with Gasteiger partial charge in [-0.3, -0.25) is 9.59 Å². The van der Waals surface area contributed by atoms with E-state index in [0.717, 1.165) is 42.7 Å². The van der Waals surface area contributed by atoms with Crippen LogP contribution < -0.4 is 5.32 Å². The molecule has 1 aliphatic heterocycles. The number of piperidine rings is 1. The van der Waals surface area contributed by atoms with Crippen LogP contribution in [-0.4, -0.2) is 29.8 Å². The number of carbonyl (C=O) groups is 2. The van der Waals surface area contributed by atoms with Crippen LogP contribution in [0.25, 0.3) is 0 Å². The van der Waals surface area contributed by atoms with Gasteiger partial charge in [0.1, 0.15) is 5.41 Å². The van der Waals surface area contributed by atoms with Crippen LogP contribution >= 0.6 is 0 Å². The highest BCUT2D eigenvalue weighted by Crippen LogP contribution is 2.48. The van der Waals surface area contributed by atoms with Gasteiger partial charge in [-0.05, 0) is 62.6 Å². The maximum absolute atomic E-state index is 12.8. The Balaban J connectivity index is 1.71. The zero-order valence-corrected chi connectivity index (χ0v) is 14.3. The average Bonchev–Trinajstić information content (AvgIpc) is 3.33. The molecular weight excluding hydrogens is 288 g/mol. The Kier molecular flexibility index (Phi) is 4.17. The van der Waals surface area contributed by atoms with Crippen molar-refractivity contribution in [2.75, 3.05) is 18.4 Å². The molecule has 2 fully saturated rings. The van der Waals surface area contributed by atoms with E-state index in [0.29, 0.717) is 18.8 Å². The molecule has 0 unspecified atom stereocenters. The molecule has 0 radical (unpaired) electrons. The van der Waals surface area contributed by atoms with E-state index in [2.05, 4.69) is 12.2 Å². The van der Waals surface area contributed by atoms with Crippen molar-refractivity contribution < 1.29 is 9.59 Å². The highest BCUT2D eigenvalue weighted by molar-refractivity contribution is 6.13. The SMILES string of the molecule is Cc1ccc(C)c(NC(=O)C2(C(=O)N3CCC(C)CC3)CC2)c1. The molecule has 1 N–H and O–H groups in total. The van der Waals surface area contributed by atoms with Crippen LogP contribution in [0.3, 0.4) is 0 Å². The number of likely N-dealkylation sites (tertiary alicyclic amines) is 1. The molecule has 3 rings (SSSR count). The predicted molar refractivity (Wildman–Crippen MR) is 91.2 cm³/mol. The van der Waals surface area contributed by atoms with Gasteiger partial charge < -0.3 is 10.2 Å². The lowest BCUT2D eigenvalue weighted by Crippen LogP contribution is -2.46. The second-order valence-corrected chi connectivity index (χ2v) is 7.33. The zero-order valence-electron chi connectivity index (χ0n) is 14.3. The van der Waals surface area contributed by atoms with Gasteiger partial charge in [-0.25, -0.2) is 0 Å². The van der Waals surface area contributed by atoms with Crippen molar-refractivity contribution in [3.05, 3.63) is 29.3 Å². The number of rotatable bonds is 3. The van der Waals surface area contributed by atoms with Crippen molar-refractivity contribution in [1.29, 1.82) is 0 Å². The average molecular weight is 314 g/mol. The van der Waals surface area contributed by atoms with Gasteiger partial charge in [-0.15, -0.1) is 0 Å². The van der Waals surface area contributed by atoms with Crippen LogP contribution in [0.4, 0.5) is 5.69 Å². The summed E-state index contributed by atoms with van der Waals surface area (Å²) in [6.45, 7) is 7.78. The molecule has 4 heteroatoms. The van der Waals surface area contributed by atoms with E-state index in [4.69, 9.17) is 0 Å². The predicted octanol–water partition coefficient (Wildman–Crippen LogP) is 3.28. The fourth-order valence-corrected chi connectivity index (χ4v) is 3.29. The summed E-state index contributed by atoms with van der Waals surface area (Å²) in [5, 5.41) is 3.00. The molecule has 0 aromatic heterocycles. The van der Waals surface area contributed by atoms with Crippen LogP contribution in [0.5, 0.6) is 0 Å². The quantitative estimate of drug-likeness (QED) is 0.870. The summed E-state index contributed by atoms with van der Waals surface area (Å²) in [5.74, 6) is 0.583. The van der Waals surface area contributed by atoms with E-state index < -0.39 is 5.41 Å². The van der Waals surface area contributed by atoms with Crippen LogP contribution in [-0.2, 0) is 9.59 Å². The van der Waals surface area contributed by atoms with E-state index in [1.165, 1.54) is 0 Å². The largest absolute Gasteiger partial charge is 0.342 e. The van der Waals surface area contributed by atoms with Gasteiger partial charge in [-0.1, -0.05) is 19.1 Å². The number of amides is 2. The van der Waals surface area contributed by atoms with E-state index in [1.807, 2.05) is 36.9 Å². The highest BCUT2D eigenvalue weighted by atomic mass is 16.2. The highest BCUT2D eigenvalue weighted by Gasteiger charge is 2.58. The molecule has 1 heterocycles. The summed E-state index contributed by atoms with van der Waals surface area (Å²) < 4.78 is 0. The maximum Gasteiger partial charge on any atom is 0.240 e. The van der Waals surface area contributed by atoms with E-state index in [-0.39, 0.29) is 11.8 Å². The van der Waals surface area contributed by atoms with Crippen molar-refractivity contribution in [1.82, 2.24) is 4.90 Å². The van der Waals surface area contributed by atoms with Crippen molar-refractivity contribution in [3.63, 3.8) is 0 Å². The lowest BCUT2D eigenvalue weighted by molar-refractivity contribution is -0.143. The summed E-state index contributed by atoms with van der Waals surface area (Å²) in [4.78, 5) is 27.5. The first kappa shape index (κ1) is 16.0. The number of benzene rings is 1. The zero-order chi connectivity index (χ0) is 16.6. The molecule has 0 atom stereocenters. The molecular formula is C19H26N2O2. The summed E-state index contributed by atoms with van der Waals surface area (Å²) in [6.07, 6.45) is 3.43. The van der Waals surface area contributed by atoms with Gasteiger partial charge in [0.25, 0.3) is 0 Å². The maximum atomic E-state index is 12.8. The third-order valence-electron chi connectivity index (χ3n) is 5.31. The third kappa shape index (κ3) is 3.12. The minimum atomic E-state index is -0.809. The van der Waals surface area contributed by atoms with Crippen molar-refractivity contribution in [2.24, 2.45) is 11.3 Å². The van der Waals surface area contributed by atoms with Crippen LogP contribution in [0.1, 0.15) is 43.7 Å². The number of nitrogens with one attached hydrogen (secondary N) is 1. The minimum Gasteiger partial charge on any atom is -0.342 e. The van der Waals surface area contributed by atoms with Gasteiger partial charge in [0, 0.05) is 18.8 Å². The molecule has 4 nitrogen and oxygen atoms in total. The molecule has 0 spiro atoms. The van der Waals surface area contributed by atoms with Gasteiger partial charge in [-0.2, -0.15) is 0 Å². The monoisotopic (exact) mass is 314 g/mol. The van der Waals surface area contributed by atoms with Gasteiger partial charge in [0.05, 0.1) is 0 Å². The molecule has 23 heavy (non-hydrogen) atoms. The molecule has 124 valence electrons.